The molecule has 44 heavy (non-hydrogen) atoms. The number of unbranched alkanes of at least 4 members (excludes halogenated alkanes) is 1. The van der Waals surface area contributed by atoms with Crippen molar-refractivity contribution in [3.63, 3.8) is 0 Å². The maximum atomic E-state index is 12.3. The monoisotopic (exact) mass is 622 g/mol. The van der Waals surface area contributed by atoms with Crippen molar-refractivity contribution in [1.29, 1.82) is 0 Å². The molecule has 1 aromatic carbocycles. The Balaban J connectivity index is 0.000000414. The summed E-state index contributed by atoms with van der Waals surface area (Å²) in [5.74, 6) is 0.578. The fraction of sp³-hybridized carbons (Fsp3) is 0.526. The van der Waals surface area contributed by atoms with Crippen LogP contribution in [-0.4, -0.2) is 28.8 Å². The van der Waals surface area contributed by atoms with E-state index in [1.807, 2.05) is 78.8 Å². The van der Waals surface area contributed by atoms with Gasteiger partial charge < -0.3 is 4.42 Å². The minimum absolute atomic E-state index is 0.00842. The molecule has 0 amide bonds. The van der Waals surface area contributed by atoms with Crippen LogP contribution in [0.5, 0.6) is 0 Å². The molecule has 0 spiro atoms. The van der Waals surface area contributed by atoms with Gasteiger partial charge in [-0.1, -0.05) is 119 Å². The molecule has 0 radical (unpaired) electrons. The van der Waals surface area contributed by atoms with Crippen LogP contribution in [-0.2, 0) is 10.2 Å². The molecule has 0 saturated carbocycles. The van der Waals surface area contributed by atoms with Gasteiger partial charge in [-0.2, -0.15) is 0 Å². The number of furan rings is 1. The van der Waals surface area contributed by atoms with E-state index in [1.165, 1.54) is 12.8 Å². The lowest BCUT2D eigenvalue weighted by atomic mass is 9.86. The van der Waals surface area contributed by atoms with Gasteiger partial charge in [0.05, 0.1) is 5.69 Å². The van der Waals surface area contributed by atoms with Crippen molar-refractivity contribution in [2.75, 3.05) is 6.54 Å². The van der Waals surface area contributed by atoms with E-state index in [4.69, 9.17) is 21.0 Å². The predicted octanol–water partition coefficient (Wildman–Crippen LogP) is 11.5. The number of fused-ring (bicyclic) bond motifs is 1. The number of allylic oxidation sites excluding steroid dienone is 1. The first-order chi connectivity index (χ1) is 20.5. The molecule has 1 aliphatic heterocycles. The molecule has 1 aliphatic rings. The number of Topliss-reactive ketones (excluding diaryl/α,β-unsaturated/α-hetero) is 2. The third-order valence-corrected chi connectivity index (χ3v) is 7.12. The van der Waals surface area contributed by atoms with Crippen molar-refractivity contribution < 1.29 is 14.0 Å². The Morgan fingerprint density at radius 2 is 1.55 bits per heavy atom. The SMILES string of the molecule is CC(C)C(=O)c1cc2nc(-c3ccc(Cl)cc3)cc(C(C)(C)C)c2o1.CC1=NCCC=C1.CCC(=O)C(C)(C)C.CCCC. The lowest BCUT2D eigenvalue weighted by Gasteiger charge is -2.20. The Labute approximate surface area is 271 Å². The first kappa shape index (κ1) is 39.0. The lowest BCUT2D eigenvalue weighted by Crippen LogP contribution is -2.18. The summed E-state index contributed by atoms with van der Waals surface area (Å²) >= 11 is 5.99. The van der Waals surface area contributed by atoms with Gasteiger partial charge in [-0.15, -0.1) is 0 Å². The maximum absolute atomic E-state index is 12.3. The number of carbonyl (C=O) groups excluding carboxylic acids is 2. The number of aromatic nitrogens is 1. The molecule has 6 heteroatoms. The van der Waals surface area contributed by atoms with Crippen LogP contribution in [0, 0.1) is 11.3 Å². The van der Waals surface area contributed by atoms with Crippen LogP contribution in [0.25, 0.3) is 22.4 Å². The summed E-state index contributed by atoms with van der Waals surface area (Å²) in [7, 11) is 0. The zero-order valence-corrected chi connectivity index (χ0v) is 30.0. The summed E-state index contributed by atoms with van der Waals surface area (Å²) in [4.78, 5) is 32.0. The van der Waals surface area contributed by atoms with Crippen molar-refractivity contribution in [2.45, 2.75) is 114 Å². The van der Waals surface area contributed by atoms with E-state index in [2.05, 4.69) is 51.8 Å². The van der Waals surface area contributed by atoms with Gasteiger partial charge in [0.25, 0.3) is 0 Å². The summed E-state index contributed by atoms with van der Waals surface area (Å²) in [6.45, 7) is 25.2. The van der Waals surface area contributed by atoms with Gasteiger partial charge in [-0.05, 0) is 43.0 Å². The number of hydrogen-bond acceptors (Lipinski definition) is 5. The van der Waals surface area contributed by atoms with Crippen LogP contribution in [0.2, 0.25) is 5.02 Å². The lowest BCUT2D eigenvalue weighted by molar-refractivity contribution is -0.125. The first-order valence-corrected chi connectivity index (χ1v) is 16.3. The molecule has 3 aromatic rings. The fourth-order valence-corrected chi connectivity index (χ4v) is 4.03. The maximum Gasteiger partial charge on any atom is 0.200 e. The van der Waals surface area contributed by atoms with Crippen LogP contribution < -0.4 is 0 Å². The number of nitrogens with zero attached hydrogens (tertiary/aromatic N) is 2. The Bertz CT molecular complexity index is 1400. The Hall–Kier alpha value is -3.05. The van der Waals surface area contributed by atoms with Gasteiger partial charge in [0, 0.05) is 52.2 Å². The van der Waals surface area contributed by atoms with E-state index in [0.29, 0.717) is 34.1 Å². The molecule has 0 saturated heterocycles. The van der Waals surface area contributed by atoms with Gasteiger partial charge in [0.15, 0.2) is 11.3 Å². The van der Waals surface area contributed by atoms with Crippen molar-refractivity contribution in [2.24, 2.45) is 16.3 Å². The number of benzene rings is 1. The molecule has 5 nitrogen and oxygen atoms in total. The summed E-state index contributed by atoms with van der Waals surface area (Å²) < 4.78 is 5.93. The van der Waals surface area contributed by atoms with E-state index < -0.39 is 0 Å². The van der Waals surface area contributed by atoms with Gasteiger partial charge in [-0.3, -0.25) is 14.6 Å². The number of hydrogen-bond donors (Lipinski definition) is 0. The molecule has 0 aliphatic carbocycles. The van der Waals surface area contributed by atoms with E-state index in [9.17, 15) is 9.59 Å². The molecule has 242 valence electrons. The highest BCUT2D eigenvalue weighted by Gasteiger charge is 2.24. The third kappa shape index (κ3) is 12.9. The Kier molecular flexibility index (Phi) is 16.0. The molecule has 4 rings (SSSR count). The number of rotatable bonds is 5. The molecular formula is C38H55ClN2O3. The summed E-state index contributed by atoms with van der Waals surface area (Å²) in [6.07, 6.45) is 8.63. The highest BCUT2D eigenvalue weighted by molar-refractivity contribution is 6.30. The number of pyridine rings is 1. The summed E-state index contributed by atoms with van der Waals surface area (Å²) in [6, 6.07) is 11.4. The van der Waals surface area contributed by atoms with E-state index in [1.54, 1.807) is 6.07 Å². The summed E-state index contributed by atoms with van der Waals surface area (Å²) in [5, 5.41) is 0.689. The second-order valence-corrected chi connectivity index (χ2v) is 13.8. The largest absolute Gasteiger partial charge is 0.451 e. The number of ketones is 2. The number of halogens is 1. The smallest absolute Gasteiger partial charge is 0.200 e. The summed E-state index contributed by atoms with van der Waals surface area (Å²) in [5.41, 5.74) is 5.15. The average molecular weight is 623 g/mol. The zero-order chi connectivity index (χ0) is 33.7. The van der Waals surface area contributed by atoms with Crippen LogP contribution in [0.1, 0.15) is 125 Å². The van der Waals surface area contributed by atoms with Gasteiger partial charge in [-0.25, -0.2) is 4.98 Å². The van der Waals surface area contributed by atoms with E-state index in [-0.39, 0.29) is 22.5 Å². The van der Waals surface area contributed by atoms with Gasteiger partial charge in [0.1, 0.15) is 11.3 Å². The molecule has 0 atom stereocenters. The average Bonchev–Trinajstić information content (AvgIpc) is 3.40. The Morgan fingerprint density at radius 3 is 1.91 bits per heavy atom. The predicted molar refractivity (Wildman–Crippen MR) is 189 cm³/mol. The zero-order valence-electron chi connectivity index (χ0n) is 29.2. The molecular weight excluding hydrogens is 568 g/mol. The first-order valence-electron chi connectivity index (χ1n) is 15.9. The van der Waals surface area contributed by atoms with Crippen molar-refractivity contribution in [1.82, 2.24) is 4.98 Å². The molecule has 2 aromatic heterocycles. The molecule has 0 N–H and O–H groups in total. The van der Waals surface area contributed by atoms with Gasteiger partial charge >= 0.3 is 0 Å². The van der Waals surface area contributed by atoms with Crippen LogP contribution in [0.3, 0.4) is 0 Å². The highest BCUT2D eigenvalue weighted by Crippen LogP contribution is 2.35. The van der Waals surface area contributed by atoms with Crippen molar-refractivity contribution in [3.05, 3.63) is 64.9 Å². The number of carbonyl (C=O) groups is 2. The normalized spacial score (nSPS) is 12.7. The molecule has 0 unspecified atom stereocenters. The second-order valence-electron chi connectivity index (χ2n) is 13.4. The van der Waals surface area contributed by atoms with Crippen LogP contribution in [0.15, 0.2) is 58.0 Å². The van der Waals surface area contributed by atoms with Crippen molar-refractivity contribution >= 4 is 40.0 Å². The van der Waals surface area contributed by atoms with E-state index >= 15 is 0 Å². The minimum Gasteiger partial charge on any atom is -0.451 e. The fourth-order valence-electron chi connectivity index (χ4n) is 3.91. The standard InChI is InChI=1S/C21H22ClNO2.C7H14O.C6H9N.C4H10/c1-12(2)19(24)18-11-17-20(25-18)15(21(3,4)5)10-16(23-17)13-6-8-14(22)9-7-13;1-5-6(8)7(2,3)4;1-6-4-2-3-5-7-6;1-3-4-2/h6-12H,1-5H3;5H2,1-4H3;2,4H,3,5H2,1H3;3-4H2,1-2H3. The molecule has 0 bridgehead atoms. The van der Waals surface area contributed by atoms with Crippen molar-refractivity contribution in [3.8, 4) is 11.3 Å². The van der Waals surface area contributed by atoms with E-state index in [0.717, 1.165) is 35.5 Å². The quantitative estimate of drug-likeness (QED) is 0.265. The third-order valence-electron chi connectivity index (χ3n) is 6.87. The van der Waals surface area contributed by atoms with Crippen LogP contribution >= 0.6 is 11.6 Å². The topological polar surface area (TPSA) is 72.5 Å². The second kappa shape index (κ2) is 18.0. The molecule has 3 heterocycles. The molecule has 0 fully saturated rings. The highest BCUT2D eigenvalue weighted by atomic mass is 35.5. The minimum atomic E-state index is -0.141. The number of dihydropyridines is 1. The Morgan fingerprint density at radius 1 is 0.955 bits per heavy atom. The van der Waals surface area contributed by atoms with Crippen LogP contribution in [0.4, 0.5) is 0 Å². The van der Waals surface area contributed by atoms with Gasteiger partial charge in [0.2, 0.25) is 5.78 Å². The number of aliphatic imine (C=N–C) groups is 1.